The molecule has 2 aromatic heterocycles. The van der Waals surface area contributed by atoms with E-state index in [0.29, 0.717) is 46.9 Å². The van der Waals surface area contributed by atoms with Crippen LogP contribution in [0.25, 0.3) is 16.7 Å². The summed E-state index contributed by atoms with van der Waals surface area (Å²) < 4.78 is 28.3. The van der Waals surface area contributed by atoms with Crippen molar-refractivity contribution in [2.24, 2.45) is 0 Å². The second-order valence-corrected chi connectivity index (χ2v) is 10.3. The lowest BCUT2D eigenvalue weighted by molar-refractivity contribution is 0.102. The Labute approximate surface area is 202 Å². The molecule has 35 heavy (non-hydrogen) atoms. The fourth-order valence-electron chi connectivity index (χ4n) is 4.21. The molecule has 0 radical (unpaired) electrons. The molecule has 0 spiro atoms. The fourth-order valence-corrected chi connectivity index (χ4v) is 5.73. The molecule has 1 fully saturated rings. The smallest absolute Gasteiger partial charge is 0.267 e. The first-order chi connectivity index (χ1) is 16.8. The van der Waals surface area contributed by atoms with Crippen LogP contribution in [0.1, 0.15) is 29.0 Å². The van der Waals surface area contributed by atoms with E-state index in [1.54, 1.807) is 49.5 Å². The molecule has 0 bridgehead atoms. The lowest BCUT2D eigenvalue weighted by atomic mass is 10.2. The normalized spacial score (nSPS) is 14.3. The lowest BCUT2D eigenvalue weighted by Crippen LogP contribution is -2.27. The number of amides is 1. The van der Waals surface area contributed by atoms with Gasteiger partial charge in [0.25, 0.3) is 11.5 Å². The van der Waals surface area contributed by atoms with E-state index in [9.17, 15) is 18.0 Å². The molecule has 1 N–H and O–H groups in total. The van der Waals surface area contributed by atoms with Crippen LogP contribution >= 0.6 is 0 Å². The standard InChI is InChI=1S/C25H23N5O4S/c1-17-27-23-22(8-5-13-26-23)25(32)30(17)20-7-4-6-19(16-20)28-24(31)18-9-11-21(12-10-18)35(33,34)29-14-2-3-15-29/h4-13,16H,2-3,14-15H2,1H3,(H,28,31). The minimum atomic E-state index is -3.54. The maximum atomic E-state index is 13.1. The zero-order valence-corrected chi connectivity index (χ0v) is 19.8. The van der Waals surface area contributed by atoms with Gasteiger partial charge in [0.15, 0.2) is 5.65 Å². The van der Waals surface area contributed by atoms with E-state index < -0.39 is 15.9 Å². The van der Waals surface area contributed by atoms with Crippen molar-refractivity contribution in [1.82, 2.24) is 18.8 Å². The van der Waals surface area contributed by atoms with Gasteiger partial charge < -0.3 is 5.32 Å². The molecule has 1 saturated heterocycles. The van der Waals surface area contributed by atoms with Gasteiger partial charge in [-0.15, -0.1) is 0 Å². The molecule has 1 aliphatic heterocycles. The van der Waals surface area contributed by atoms with Gasteiger partial charge in [-0.3, -0.25) is 14.2 Å². The van der Waals surface area contributed by atoms with Crippen molar-refractivity contribution in [2.75, 3.05) is 18.4 Å². The number of carbonyl (C=O) groups is 1. The summed E-state index contributed by atoms with van der Waals surface area (Å²) in [7, 11) is -3.54. The number of hydrogen-bond donors (Lipinski definition) is 1. The largest absolute Gasteiger partial charge is 0.322 e. The minimum Gasteiger partial charge on any atom is -0.322 e. The van der Waals surface area contributed by atoms with E-state index in [1.807, 2.05) is 0 Å². The third-order valence-corrected chi connectivity index (χ3v) is 7.91. The molecule has 0 aliphatic carbocycles. The lowest BCUT2D eigenvalue weighted by Gasteiger charge is -2.15. The number of carbonyl (C=O) groups excluding carboxylic acids is 1. The van der Waals surface area contributed by atoms with Crippen molar-refractivity contribution in [2.45, 2.75) is 24.7 Å². The van der Waals surface area contributed by atoms with Crippen LogP contribution < -0.4 is 10.9 Å². The highest BCUT2D eigenvalue weighted by Crippen LogP contribution is 2.22. The van der Waals surface area contributed by atoms with Gasteiger partial charge in [0, 0.05) is 30.5 Å². The van der Waals surface area contributed by atoms with Gasteiger partial charge >= 0.3 is 0 Å². The summed E-state index contributed by atoms with van der Waals surface area (Å²) in [5.41, 5.74) is 1.49. The molecule has 5 rings (SSSR count). The molecule has 9 nitrogen and oxygen atoms in total. The third-order valence-electron chi connectivity index (χ3n) is 5.99. The average Bonchev–Trinajstić information content (AvgIpc) is 3.41. The van der Waals surface area contributed by atoms with E-state index in [0.717, 1.165) is 12.8 Å². The summed E-state index contributed by atoms with van der Waals surface area (Å²) in [6, 6.07) is 16.1. The zero-order chi connectivity index (χ0) is 24.6. The van der Waals surface area contributed by atoms with Crippen LogP contribution in [0.15, 0.2) is 76.6 Å². The number of rotatable bonds is 5. The molecule has 0 saturated carbocycles. The summed E-state index contributed by atoms with van der Waals surface area (Å²) in [5, 5.41) is 3.21. The van der Waals surface area contributed by atoms with Crippen LogP contribution in [0.2, 0.25) is 0 Å². The monoisotopic (exact) mass is 489 g/mol. The molecule has 4 aromatic rings. The Morgan fingerprint density at radius 1 is 1.00 bits per heavy atom. The molecule has 10 heteroatoms. The first-order valence-corrected chi connectivity index (χ1v) is 12.6. The quantitative estimate of drug-likeness (QED) is 0.461. The van der Waals surface area contributed by atoms with Crippen molar-refractivity contribution in [3.05, 3.63) is 88.6 Å². The number of benzene rings is 2. The molecule has 1 aliphatic rings. The fraction of sp³-hybridized carbons (Fsp3) is 0.200. The van der Waals surface area contributed by atoms with Crippen molar-refractivity contribution in [1.29, 1.82) is 0 Å². The van der Waals surface area contributed by atoms with Gasteiger partial charge in [-0.05, 0) is 74.4 Å². The SMILES string of the molecule is Cc1nc2ncccc2c(=O)n1-c1cccc(NC(=O)c2ccc(S(=O)(=O)N3CCCC3)cc2)c1. The Hall–Kier alpha value is -3.89. The third kappa shape index (κ3) is 4.33. The first kappa shape index (κ1) is 22.9. The summed E-state index contributed by atoms with van der Waals surface area (Å²) in [6.07, 6.45) is 3.30. The highest BCUT2D eigenvalue weighted by atomic mass is 32.2. The van der Waals surface area contributed by atoms with Gasteiger partial charge in [0.05, 0.1) is 16.0 Å². The van der Waals surface area contributed by atoms with E-state index in [1.165, 1.54) is 33.1 Å². The maximum Gasteiger partial charge on any atom is 0.267 e. The zero-order valence-electron chi connectivity index (χ0n) is 19.0. The molecule has 0 atom stereocenters. The minimum absolute atomic E-state index is 0.172. The van der Waals surface area contributed by atoms with Crippen LogP contribution in [0.3, 0.4) is 0 Å². The predicted octanol–water partition coefficient (Wildman–Crippen LogP) is 3.13. The van der Waals surface area contributed by atoms with Gasteiger partial charge in [-0.25, -0.2) is 18.4 Å². The van der Waals surface area contributed by atoms with Crippen LogP contribution in [-0.4, -0.2) is 46.3 Å². The van der Waals surface area contributed by atoms with E-state index >= 15 is 0 Å². The molecule has 3 heterocycles. The summed E-state index contributed by atoms with van der Waals surface area (Å²) in [6.45, 7) is 2.76. The summed E-state index contributed by atoms with van der Waals surface area (Å²) in [5.74, 6) is 0.0802. The average molecular weight is 490 g/mol. The van der Waals surface area contributed by atoms with Crippen molar-refractivity contribution in [3.63, 3.8) is 0 Å². The Bertz CT molecular complexity index is 1590. The number of fused-ring (bicyclic) bond motifs is 1. The van der Waals surface area contributed by atoms with Gasteiger partial charge in [-0.2, -0.15) is 4.31 Å². The van der Waals surface area contributed by atoms with Crippen LogP contribution in [0, 0.1) is 6.92 Å². The van der Waals surface area contributed by atoms with Crippen LogP contribution in [0.4, 0.5) is 5.69 Å². The van der Waals surface area contributed by atoms with Crippen molar-refractivity contribution < 1.29 is 13.2 Å². The second kappa shape index (κ2) is 9.05. The number of sulfonamides is 1. The number of hydrogen-bond acceptors (Lipinski definition) is 6. The second-order valence-electron chi connectivity index (χ2n) is 8.31. The Balaban J connectivity index is 1.39. The van der Waals surface area contributed by atoms with Gasteiger partial charge in [-0.1, -0.05) is 6.07 Å². The Morgan fingerprint density at radius 3 is 2.49 bits per heavy atom. The molecule has 2 aromatic carbocycles. The number of anilines is 1. The first-order valence-electron chi connectivity index (χ1n) is 11.2. The van der Waals surface area contributed by atoms with Gasteiger partial charge in [0.2, 0.25) is 10.0 Å². The molecule has 1 amide bonds. The topological polar surface area (TPSA) is 114 Å². The van der Waals surface area contributed by atoms with Crippen LogP contribution in [0.5, 0.6) is 0 Å². The van der Waals surface area contributed by atoms with Crippen molar-refractivity contribution in [3.8, 4) is 5.69 Å². The van der Waals surface area contributed by atoms with Crippen molar-refractivity contribution >= 4 is 32.7 Å². The Kier molecular flexibility index (Phi) is 5.91. The van der Waals surface area contributed by atoms with E-state index in [-0.39, 0.29) is 10.5 Å². The van der Waals surface area contributed by atoms with E-state index in [2.05, 4.69) is 15.3 Å². The molecular formula is C25H23N5O4S. The predicted molar refractivity (Wildman–Crippen MR) is 132 cm³/mol. The number of pyridine rings is 1. The highest BCUT2D eigenvalue weighted by Gasteiger charge is 2.27. The molecule has 178 valence electrons. The number of aromatic nitrogens is 3. The number of nitrogens with one attached hydrogen (secondary N) is 1. The molecular weight excluding hydrogens is 466 g/mol. The molecule has 0 unspecified atom stereocenters. The van der Waals surface area contributed by atoms with Crippen LogP contribution in [-0.2, 0) is 10.0 Å². The summed E-state index contributed by atoms with van der Waals surface area (Å²) >= 11 is 0. The number of nitrogens with zero attached hydrogens (tertiary/aromatic N) is 4. The van der Waals surface area contributed by atoms with E-state index in [4.69, 9.17) is 0 Å². The Morgan fingerprint density at radius 2 is 1.74 bits per heavy atom. The summed E-state index contributed by atoms with van der Waals surface area (Å²) in [4.78, 5) is 34.6. The van der Waals surface area contributed by atoms with Gasteiger partial charge in [0.1, 0.15) is 5.82 Å². The maximum absolute atomic E-state index is 13.1. The number of aryl methyl sites for hydroxylation is 1. The highest BCUT2D eigenvalue weighted by molar-refractivity contribution is 7.89.